The molecule has 0 saturated carbocycles. The fourth-order valence-electron chi connectivity index (χ4n) is 2.37. The van der Waals surface area contributed by atoms with Gasteiger partial charge in [0.25, 0.3) is 11.6 Å². The van der Waals surface area contributed by atoms with Crippen molar-refractivity contribution in [1.29, 1.82) is 0 Å². The molecule has 0 radical (unpaired) electrons. The molecule has 0 bridgehead atoms. The minimum atomic E-state index is -4.86. The predicted octanol–water partition coefficient (Wildman–Crippen LogP) is 4.60. The Bertz CT molecular complexity index is 968. The number of nitro groups is 1. The number of carbonyl (C=O) groups is 1. The van der Waals surface area contributed by atoms with Crippen LogP contribution in [0.1, 0.15) is 5.56 Å². The second-order valence-electron chi connectivity index (χ2n) is 5.45. The summed E-state index contributed by atoms with van der Waals surface area (Å²) in [6, 6.07) is 10.3. The first kappa shape index (κ1) is 18.6. The summed E-state index contributed by atoms with van der Waals surface area (Å²) in [6.45, 7) is 0. The molecule has 0 spiro atoms. The second-order valence-corrected chi connectivity index (χ2v) is 5.88. The molecule has 0 unspecified atom stereocenters. The van der Waals surface area contributed by atoms with Crippen LogP contribution in [0.3, 0.4) is 0 Å². The largest absolute Gasteiger partial charge is 0.435 e. The predicted molar refractivity (Wildman–Crippen MR) is 93.5 cm³/mol. The van der Waals surface area contributed by atoms with Gasteiger partial charge in [0, 0.05) is 17.2 Å². The van der Waals surface area contributed by atoms with E-state index >= 15 is 0 Å². The Morgan fingerprint density at radius 2 is 1.67 bits per heavy atom. The number of halogens is 4. The highest BCUT2D eigenvalue weighted by atomic mass is 35.5. The third-order valence-corrected chi connectivity index (χ3v) is 3.88. The van der Waals surface area contributed by atoms with Crippen molar-refractivity contribution in [2.45, 2.75) is 6.18 Å². The summed E-state index contributed by atoms with van der Waals surface area (Å²) in [5, 5.41) is 15.0. The molecule has 27 heavy (non-hydrogen) atoms. The van der Waals surface area contributed by atoms with Crippen molar-refractivity contribution in [1.82, 2.24) is 0 Å². The zero-order valence-electron chi connectivity index (χ0n) is 13.3. The van der Waals surface area contributed by atoms with Crippen LogP contribution >= 0.6 is 11.6 Å². The Morgan fingerprint density at radius 3 is 2.19 bits per heavy atom. The van der Waals surface area contributed by atoms with Gasteiger partial charge in [0.15, 0.2) is 5.71 Å². The van der Waals surface area contributed by atoms with Gasteiger partial charge in [0.05, 0.1) is 16.2 Å². The van der Waals surface area contributed by atoms with Gasteiger partial charge in [-0.25, -0.2) is 0 Å². The lowest BCUT2D eigenvalue weighted by Crippen LogP contribution is -2.25. The van der Waals surface area contributed by atoms with Crippen molar-refractivity contribution in [2.24, 2.45) is 5.10 Å². The lowest BCUT2D eigenvalue weighted by Gasteiger charge is -2.11. The molecule has 1 aliphatic heterocycles. The number of non-ortho nitro benzene ring substituents is 1. The highest BCUT2D eigenvalue weighted by Gasteiger charge is 2.46. The summed E-state index contributed by atoms with van der Waals surface area (Å²) in [5.41, 5.74) is -1.93. The van der Waals surface area contributed by atoms with Gasteiger partial charge in [-0.05, 0) is 35.9 Å². The summed E-state index contributed by atoms with van der Waals surface area (Å²) in [5.74, 6) is -0.994. The Balaban J connectivity index is 2.03. The number of anilines is 1. The molecule has 0 aliphatic carbocycles. The first-order chi connectivity index (χ1) is 12.7. The molecule has 1 amide bonds. The van der Waals surface area contributed by atoms with Gasteiger partial charge in [0.2, 0.25) is 0 Å². The number of nitrogens with zero attached hydrogens (tertiary/aromatic N) is 3. The lowest BCUT2D eigenvalue weighted by molar-refractivity contribution is -0.384. The number of alkyl halides is 3. The number of hydrogen-bond donors (Lipinski definition) is 0. The van der Waals surface area contributed by atoms with Crippen molar-refractivity contribution in [3.63, 3.8) is 0 Å². The number of amides is 1. The molecule has 1 heterocycles. The molecular weight excluding hydrogens is 387 g/mol. The number of nitro benzene ring substituents is 1. The first-order valence-corrected chi connectivity index (χ1v) is 7.77. The monoisotopic (exact) mass is 395 g/mol. The molecule has 0 saturated heterocycles. The van der Waals surface area contributed by atoms with E-state index in [9.17, 15) is 28.1 Å². The highest BCUT2D eigenvalue weighted by molar-refractivity contribution is 6.34. The standard InChI is InChI=1S/C17H9ClF3N3O3/c18-11-3-1-10(2-4-11)9-14-15(17(19,20)21)22-23(16(14)25)12-5-7-13(8-6-12)24(26)27/h1-9H/b14-9+. The van der Waals surface area contributed by atoms with E-state index in [1.54, 1.807) is 0 Å². The van der Waals surface area contributed by atoms with Gasteiger partial charge in [-0.15, -0.1) is 0 Å². The molecule has 1 aliphatic rings. The molecule has 2 aromatic rings. The maximum Gasteiger partial charge on any atom is 0.435 e. The van der Waals surface area contributed by atoms with Crippen LogP contribution in [0.4, 0.5) is 24.5 Å². The third-order valence-electron chi connectivity index (χ3n) is 3.63. The first-order valence-electron chi connectivity index (χ1n) is 7.39. The molecule has 3 rings (SSSR count). The average molecular weight is 396 g/mol. The minimum absolute atomic E-state index is 0.0214. The third kappa shape index (κ3) is 3.82. The number of rotatable bonds is 3. The minimum Gasteiger partial charge on any atom is -0.267 e. The normalized spacial score (nSPS) is 16.0. The van der Waals surface area contributed by atoms with E-state index in [2.05, 4.69) is 5.10 Å². The van der Waals surface area contributed by atoms with E-state index in [0.29, 0.717) is 15.6 Å². The molecule has 10 heteroatoms. The van der Waals surface area contributed by atoms with E-state index < -0.39 is 28.3 Å². The molecule has 138 valence electrons. The Kier molecular flexibility index (Phi) is 4.71. The van der Waals surface area contributed by atoms with E-state index in [1.165, 1.54) is 24.3 Å². The summed E-state index contributed by atoms with van der Waals surface area (Å²) < 4.78 is 40.0. The van der Waals surface area contributed by atoms with Gasteiger partial charge in [0.1, 0.15) is 0 Å². The zero-order chi connectivity index (χ0) is 19.8. The summed E-state index contributed by atoms with van der Waals surface area (Å²) >= 11 is 5.75. The van der Waals surface area contributed by atoms with E-state index in [1.807, 2.05) is 0 Å². The van der Waals surface area contributed by atoms with Crippen molar-refractivity contribution in [3.05, 3.63) is 74.8 Å². The molecule has 0 fully saturated rings. The fourth-order valence-corrected chi connectivity index (χ4v) is 2.50. The van der Waals surface area contributed by atoms with Crippen molar-refractivity contribution >= 4 is 40.7 Å². The molecular formula is C17H9ClF3N3O3. The second kappa shape index (κ2) is 6.84. The topological polar surface area (TPSA) is 75.8 Å². The van der Waals surface area contributed by atoms with E-state index in [4.69, 9.17) is 11.6 Å². The SMILES string of the molecule is O=C1/C(=C/c2ccc(Cl)cc2)C(C(F)(F)F)=NN1c1ccc([N+](=O)[O-])cc1. The summed E-state index contributed by atoms with van der Waals surface area (Å²) in [7, 11) is 0. The molecule has 2 aromatic carbocycles. The van der Waals surface area contributed by atoms with Crippen molar-refractivity contribution in [2.75, 3.05) is 5.01 Å². The highest BCUT2D eigenvalue weighted by Crippen LogP contribution is 2.33. The summed E-state index contributed by atoms with van der Waals surface area (Å²) in [4.78, 5) is 22.6. The van der Waals surface area contributed by atoms with Crippen molar-refractivity contribution in [3.8, 4) is 0 Å². The lowest BCUT2D eigenvalue weighted by atomic mass is 10.1. The molecule has 0 aromatic heterocycles. The number of carbonyl (C=O) groups excluding carboxylic acids is 1. The van der Waals surface area contributed by atoms with Gasteiger partial charge in [-0.3, -0.25) is 14.9 Å². The van der Waals surface area contributed by atoms with Crippen LogP contribution in [-0.4, -0.2) is 22.7 Å². The molecule has 0 N–H and O–H groups in total. The zero-order valence-corrected chi connectivity index (χ0v) is 14.0. The van der Waals surface area contributed by atoms with Crippen LogP contribution in [0.25, 0.3) is 6.08 Å². The van der Waals surface area contributed by atoms with Gasteiger partial charge in [-0.2, -0.15) is 23.3 Å². The smallest absolute Gasteiger partial charge is 0.267 e. The van der Waals surface area contributed by atoms with Crippen LogP contribution in [0.2, 0.25) is 5.02 Å². The van der Waals surface area contributed by atoms with E-state index in [-0.39, 0.29) is 11.4 Å². The van der Waals surface area contributed by atoms with E-state index in [0.717, 1.165) is 30.3 Å². The number of hydrogen-bond acceptors (Lipinski definition) is 4. The number of benzene rings is 2. The molecule has 6 nitrogen and oxygen atoms in total. The van der Waals surface area contributed by atoms with Crippen LogP contribution < -0.4 is 5.01 Å². The van der Waals surface area contributed by atoms with Crippen molar-refractivity contribution < 1.29 is 22.9 Å². The van der Waals surface area contributed by atoms with Crippen LogP contribution in [-0.2, 0) is 4.79 Å². The Labute approximate surface area is 155 Å². The van der Waals surface area contributed by atoms with Crippen LogP contribution in [0.15, 0.2) is 59.2 Å². The van der Waals surface area contributed by atoms with Crippen LogP contribution in [0.5, 0.6) is 0 Å². The fraction of sp³-hybridized carbons (Fsp3) is 0.0588. The van der Waals surface area contributed by atoms with Gasteiger partial charge in [-0.1, -0.05) is 23.7 Å². The maximum atomic E-state index is 13.3. The van der Waals surface area contributed by atoms with Gasteiger partial charge >= 0.3 is 6.18 Å². The van der Waals surface area contributed by atoms with Crippen LogP contribution in [0, 0.1) is 10.1 Å². The quantitative estimate of drug-likeness (QED) is 0.433. The average Bonchev–Trinajstić information content (AvgIpc) is 2.94. The summed E-state index contributed by atoms with van der Waals surface area (Å²) in [6.07, 6.45) is -3.79. The maximum absolute atomic E-state index is 13.3. The van der Waals surface area contributed by atoms with Gasteiger partial charge < -0.3 is 0 Å². The number of hydrazone groups is 1. The molecule has 0 atom stereocenters. The Hall–Kier alpha value is -3.20. The Morgan fingerprint density at radius 1 is 1.07 bits per heavy atom.